The van der Waals surface area contributed by atoms with E-state index in [1.807, 2.05) is 12.3 Å². The molecule has 1 aliphatic rings. The number of nitrogens with zero attached hydrogens (tertiary/aromatic N) is 1. The second-order valence-corrected chi connectivity index (χ2v) is 4.04. The number of thiol groups is 1. The first kappa shape index (κ1) is 9.03. The Morgan fingerprint density at radius 3 is 3.00 bits per heavy atom. The number of hydrogen-bond acceptors (Lipinski definition) is 3. The van der Waals surface area contributed by atoms with Crippen molar-refractivity contribution in [3.63, 3.8) is 0 Å². The Hall–Kier alpha value is -0.540. The highest BCUT2D eigenvalue weighted by atomic mass is 32.1. The Morgan fingerprint density at radius 2 is 2.54 bits per heavy atom. The van der Waals surface area contributed by atoms with Crippen molar-refractivity contribution in [2.75, 3.05) is 12.4 Å². The van der Waals surface area contributed by atoms with Gasteiger partial charge < -0.3 is 5.11 Å². The van der Waals surface area contributed by atoms with Gasteiger partial charge in [0.1, 0.15) is 0 Å². The molecule has 0 bridgehead atoms. The number of aliphatic hydroxyl groups excluding tert-OH is 1. The highest BCUT2D eigenvalue weighted by molar-refractivity contribution is 7.80. The average Bonchev–Trinajstić information content (AvgIpc) is 2.95. The van der Waals surface area contributed by atoms with Crippen LogP contribution in [0.2, 0.25) is 0 Å². The van der Waals surface area contributed by atoms with Gasteiger partial charge >= 0.3 is 0 Å². The van der Waals surface area contributed by atoms with Crippen LogP contribution in [-0.2, 0) is 0 Å². The Balaban J connectivity index is 2.15. The molecule has 0 aliphatic heterocycles. The van der Waals surface area contributed by atoms with Crippen molar-refractivity contribution >= 4 is 12.6 Å². The maximum Gasteiger partial charge on any atom is 0.0501 e. The van der Waals surface area contributed by atoms with Gasteiger partial charge in [0, 0.05) is 17.8 Å². The Kier molecular flexibility index (Phi) is 2.30. The van der Waals surface area contributed by atoms with Crippen LogP contribution in [0.5, 0.6) is 0 Å². The molecular formula is C10H13NOS. The van der Waals surface area contributed by atoms with Crippen molar-refractivity contribution in [3.05, 3.63) is 30.1 Å². The number of aliphatic hydroxyl groups is 1. The molecule has 0 amide bonds. The summed E-state index contributed by atoms with van der Waals surface area (Å²) in [7, 11) is 0. The van der Waals surface area contributed by atoms with Crippen molar-refractivity contribution in [3.8, 4) is 0 Å². The zero-order chi connectivity index (χ0) is 9.31. The maximum absolute atomic E-state index is 9.22. The summed E-state index contributed by atoms with van der Waals surface area (Å²) in [4.78, 5) is 4.07. The van der Waals surface area contributed by atoms with E-state index in [9.17, 15) is 5.11 Å². The second-order valence-electron chi connectivity index (χ2n) is 3.72. The molecule has 2 unspecified atom stereocenters. The van der Waals surface area contributed by atoms with Gasteiger partial charge in [-0.05, 0) is 29.7 Å². The summed E-state index contributed by atoms with van der Waals surface area (Å²) in [5, 5.41) is 9.22. The van der Waals surface area contributed by atoms with Crippen molar-refractivity contribution < 1.29 is 5.11 Å². The summed E-state index contributed by atoms with van der Waals surface area (Å²) in [6, 6.07) is 4.01. The van der Waals surface area contributed by atoms with E-state index in [2.05, 4.69) is 23.7 Å². The van der Waals surface area contributed by atoms with Crippen LogP contribution in [0.3, 0.4) is 0 Å². The summed E-state index contributed by atoms with van der Waals surface area (Å²) >= 11 is 4.27. The van der Waals surface area contributed by atoms with Crippen molar-refractivity contribution in [1.82, 2.24) is 4.98 Å². The van der Waals surface area contributed by atoms with E-state index in [-0.39, 0.29) is 12.0 Å². The van der Waals surface area contributed by atoms with Gasteiger partial charge in [-0.1, -0.05) is 6.07 Å². The molecule has 0 aromatic carbocycles. The van der Waals surface area contributed by atoms with E-state index in [4.69, 9.17) is 0 Å². The molecule has 1 fully saturated rings. The molecule has 2 nitrogen and oxygen atoms in total. The first-order valence-corrected chi connectivity index (χ1v) is 5.07. The Labute approximate surface area is 83.4 Å². The van der Waals surface area contributed by atoms with Gasteiger partial charge in [0.05, 0.1) is 6.61 Å². The maximum atomic E-state index is 9.22. The van der Waals surface area contributed by atoms with Crippen LogP contribution < -0.4 is 0 Å². The van der Waals surface area contributed by atoms with Crippen LogP contribution in [0.4, 0.5) is 0 Å². The third kappa shape index (κ3) is 1.46. The van der Waals surface area contributed by atoms with Crippen LogP contribution in [0.15, 0.2) is 24.5 Å². The van der Waals surface area contributed by atoms with Crippen molar-refractivity contribution in [2.45, 2.75) is 12.3 Å². The fourth-order valence-corrected chi connectivity index (χ4v) is 2.25. The molecule has 0 radical (unpaired) electrons. The second kappa shape index (κ2) is 3.31. The van der Waals surface area contributed by atoms with Gasteiger partial charge in [-0.15, -0.1) is 0 Å². The summed E-state index contributed by atoms with van der Waals surface area (Å²) in [6.45, 7) is 0.232. The SMILES string of the molecule is OCC1(CS)CC1c1cccnc1. The molecule has 2 rings (SSSR count). The van der Waals surface area contributed by atoms with Gasteiger partial charge in [0.25, 0.3) is 0 Å². The van der Waals surface area contributed by atoms with E-state index < -0.39 is 0 Å². The molecular weight excluding hydrogens is 182 g/mol. The van der Waals surface area contributed by atoms with Crippen LogP contribution in [0.1, 0.15) is 17.9 Å². The number of hydrogen-bond donors (Lipinski definition) is 2. The quantitative estimate of drug-likeness (QED) is 0.716. The average molecular weight is 195 g/mol. The molecule has 70 valence electrons. The van der Waals surface area contributed by atoms with Crippen molar-refractivity contribution in [1.29, 1.82) is 0 Å². The van der Waals surface area contributed by atoms with Gasteiger partial charge in [-0.3, -0.25) is 4.98 Å². The van der Waals surface area contributed by atoms with Crippen LogP contribution in [0.25, 0.3) is 0 Å². The van der Waals surface area contributed by atoms with Crippen LogP contribution in [-0.4, -0.2) is 22.5 Å². The minimum absolute atomic E-state index is 0.0339. The molecule has 1 aliphatic carbocycles. The van der Waals surface area contributed by atoms with Gasteiger partial charge in [0.15, 0.2) is 0 Å². The summed E-state index contributed by atoms with van der Waals surface area (Å²) in [6.07, 6.45) is 4.69. The lowest BCUT2D eigenvalue weighted by atomic mass is 10.0. The largest absolute Gasteiger partial charge is 0.396 e. The summed E-state index contributed by atoms with van der Waals surface area (Å²) in [5.74, 6) is 1.21. The highest BCUT2D eigenvalue weighted by Gasteiger charge is 2.53. The molecule has 1 saturated carbocycles. The molecule has 1 aromatic rings. The molecule has 13 heavy (non-hydrogen) atoms. The Bertz CT molecular complexity index is 284. The lowest BCUT2D eigenvalue weighted by Gasteiger charge is -2.09. The van der Waals surface area contributed by atoms with E-state index in [1.165, 1.54) is 5.56 Å². The van der Waals surface area contributed by atoms with Gasteiger partial charge in [-0.2, -0.15) is 12.6 Å². The lowest BCUT2D eigenvalue weighted by molar-refractivity contribution is 0.223. The fraction of sp³-hybridized carbons (Fsp3) is 0.500. The predicted octanol–water partition coefficient (Wildman–Crippen LogP) is 1.48. The zero-order valence-electron chi connectivity index (χ0n) is 7.35. The van der Waals surface area contributed by atoms with Gasteiger partial charge in [0.2, 0.25) is 0 Å². The smallest absolute Gasteiger partial charge is 0.0501 e. The lowest BCUT2D eigenvalue weighted by Crippen LogP contribution is -2.11. The molecule has 1 N–H and O–H groups in total. The summed E-state index contributed by atoms with van der Waals surface area (Å²) < 4.78 is 0. The first-order valence-electron chi connectivity index (χ1n) is 4.44. The number of pyridine rings is 1. The topological polar surface area (TPSA) is 33.1 Å². The fourth-order valence-electron chi connectivity index (χ4n) is 1.80. The number of rotatable bonds is 3. The third-order valence-electron chi connectivity index (χ3n) is 2.91. The molecule has 0 saturated heterocycles. The molecule has 1 aromatic heterocycles. The minimum atomic E-state index is 0.0339. The third-order valence-corrected chi connectivity index (χ3v) is 3.54. The molecule has 0 spiro atoms. The Morgan fingerprint density at radius 1 is 1.69 bits per heavy atom. The van der Waals surface area contributed by atoms with E-state index in [1.54, 1.807) is 6.20 Å². The monoisotopic (exact) mass is 195 g/mol. The highest BCUT2D eigenvalue weighted by Crippen LogP contribution is 2.59. The first-order chi connectivity index (χ1) is 6.32. The minimum Gasteiger partial charge on any atom is -0.396 e. The normalized spacial score (nSPS) is 31.7. The standard InChI is InChI=1S/C10H13NOS/c12-6-10(7-13)4-9(10)8-2-1-3-11-5-8/h1-3,5,9,12-13H,4,6-7H2. The number of aromatic nitrogens is 1. The van der Waals surface area contributed by atoms with E-state index in [0.717, 1.165) is 12.2 Å². The summed E-state index contributed by atoms with van der Waals surface area (Å²) in [5.41, 5.74) is 1.26. The van der Waals surface area contributed by atoms with E-state index >= 15 is 0 Å². The van der Waals surface area contributed by atoms with Crippen LogP contribution >= 0.6 is 12.6 Å². The zero-order valence-corrected chi connectivity index (χ0v) is 8.24. The molecule has 3 heteroatoms. The van der Waals surface area contributed by atoms with Gasteiger partial charge in [-0.25, -0.2) is 0 Å². The van der Waals surface area contributed by atoms with Crippen molar-refractivity contribution in [2.24, 2.45) is 5.41 Å². The molecule has 1 heterocycles. The molecule has 2 atom stereocenters. The predicted molar refractivity (Wildman–Crippen MR) is 55.0 cm³/mol. The van der Waals surface area contributed by atoms with E-state index in [0.29, 0.717) is 5.92 Å². The van der Waals surface area contributed by atoms with Crippen LogP contribution in [0, 0.1) is 5.41 Å².